The third kappa shape index (κ3) is 2.69. The Hall–Kier alpha value is -2.28. The molecule has 18 heavy (non-hydrogen) atoms. The van der Waals surface area contributed by atoms with Gasteiger partial charge in [0.1, 0.15) is 6.33 Å². The molecule has 0 saturated carbocycles. The van der Waals surface area contributed by atoms with Gasteiger partial charge < -0.3 is 11.1 Å². The van der Waals surface area contributed by atoms with Crippen molar-refractivity contribution in [3.05, 3.63) is 30.6 Å². The highest BCUT2D eigenvalue weighted by Crippen LogP contribution is 2.13. The van der Waals surface area contributed by atoms with Crippen molar-refractivity contribution in [2.45, 2.75) is 19.4 Å². The number of carbonyl (C=O) groups is 1. The zero-order valence-corrected chi connectivity index (χ0v) is 9.95. The number of benzene rings is 1. The lowest BCUT2D eigenvalue weighted by Crippen LogP contribution is -2.34. The maximum absolute atomic E-state index is 11.7. The summed E-state index contributed by atoms with van der Waals surface area (Å²) < 4.78 is 1.51. The number of aromatic nitrogens is 4. The van der Waals surface area contributed by atoms with Gasteiger partial charge in [-0.2, -0.15) is 0 Å². The van der Waals surface area contributed by atoms with E-state index in [1.54, 1.807) is 12.1 Å². The average Bonchev–Trinajstić information content (AvgIpc) is 2.92. The van der Waals surface area contributed by atoms with Crippen molar-refractivity contribution >= 4 is 11.6 Å². The molecule has 0 fully saturated rings. The smallest absolute Gasteiger partial charge is 0.241 e. The van der Waals surface area contributed by atoms with E-state index in [-0.39, 0.29) is 5.91 Å². The number of amides is 1. The topological polar surface area (TPSA) is 98.7 Å². The predicted molar refractivity (Wildman–Crippen MR) is 66.1 cm³/mol. The molecule has 0 aliphatic heterocycles. The van der Waals surface area contributed by atoms with Crippen molar-refractivity contribution in [3.8, 4) is 5.69 Å². The molecule has 1 heterocycles. The van der Waals surface area contributed by atoms with Crippen molar-refractivity contribution in [1.29, 1.82) is 0 Å². The minimum Gasteiger partial charge on any atom is -0.325 e. The van der Waals surface area contributed by atoms with Crippen LogP contribution in [0.5, 0.6) is 0 Å². The normalized spacial score (nSPS) is 12.1. The summed E-state index contributed by atoms with van der Waals surface area (Å²) in [5.41, 5.74) is 7.08. The second-order valence-electron chi connectivity index (χ2n) is 3.81. The third-order valence-corrected chi connectivity index (χ3v) is 2.50. The number of nitrogens with zero attached hydrogens (tertiary/aromatic N) is 4. The number of carbonyl (C=O) groups excluding carboxylic acids is 1. The molecule has 1 aromatic heterocycles. The van der Waals surface area contributed by atoms with Gasteiger partial charge in [0.15, 0.2) is 0 Å². The first-order valence-electron chi connectivity index (χ1n) is 5.60. The van der Waals surface area contributed by atoms with E-state index in [9.17, 15) is 4.79 Å². The second-order valence-corrected chi connectivity index (χ2v) is 3.81. The number of anilines is 1. The molecule has 0 unspecified atom stereocenters. The first-order chi connectivity index (χ1) is 8.70. The van der Waals surface area contributed by atoms with Gasteiger partial charge in [-0.1, -0.05) is 13.0 Å². The van der Waals surface area contributed by atoms with Gasteiger partial charge >= 0.3 is 0 Å². The Morgan fingerprint density at radius 1 is 1.56 bits per heavy atom. The molecule has 2 aromatic rings. The van der Waals surface area contributed by atoms with Crippen LogP contribution < -0.4 is 11.1 Å². The predicted octanol–water partition coefficient (Wildman–Crippen LogP) is 0.338. The molecule has 7 nitrogen and oxygen atoms in total. The van der Waals surface area contributed by atoms with Crippen LogP contribution in [0.1, 0.15) is 13.3 Å². The molecule has 94 valence electrons. The van der Waals surface area contributed by atoms with Gasteiger partial charge in [-0.15, -0.1) is 5.10 Å². The van der Waals surface area contributed by atoms with E-state index in [1.165, 1.54) is 11.0 Å². The number of nitrogens with one attached hydrogen (secondary N) is 1. The van der Waals surface area contributed by atoms with Gasteiger partial charge in [0.25, 0.3) is 0 Å². The maximum atomic E-state index is 11.7. The molecule has 1 amide bonds. The average molecular weight is 246 g/mol. The van der Waals surface area contributed by atoms with Crippen LogP contribution in [-0.2, 0) is 4.79 Å². The van der Waals surface area contributed by atoms with E-state index >= 15 is 0 Å². The summed E-state index contributed by atoms with van der Waals surface area (Å²) in [5, 5.41) is 13.6. The van der Waals surface area contributed by atoms with E-state index in [4.69, 9.17) is 5.73 Å². The van der Waals surface area contributed by atoms with Crippen LogP contribution >= 0.6 is 0 Å². The zero-order valence-electron chi connectivity index (χ0n) is 9.95. The van der Waals surface area contributed by atoms with Crippen LogP contribution in [0.25, 0.3) is 5.69 Å². The van der Waals surface area contributed by atoms with Crippen molar-refractivity contribution in [3.63, 3.8) is 0 Å². The summed E-state index contributed by atoms with van der Waals surface area (Å²) >= 11 is 0. The highest BCUT2D eigenvalue weighted by molar-refractivity contribution is 5.94. The van der Waals surface area contributed by atoms with Crippen molar-refractivity contribution in [2.24, 2.45) is 5.73 Å². The summed E-state index contributed by atoms with van der Waals surface area (Å²) in [5.74, 6) is -0.202. The number of hydrogen-bond acceptors (Lipinski definition) is 5. The number of rotatable bonds is 4. The highest BCUT2D eigenvalue weighted by atomic mass is 16.2. The maximum Gasteiger partial charge on any atom is 0.241 e. The largest absolute Gasteiger partial charge is 0.325 e. The molecule has 7 heteroatoms. The number of nitrogens with two attached hydrogens (primary N) is 1. The number of tetrazole rings is 1. The first-order valence-corrected chi connectivity index (χ1v) is 5.60. The minimum absolute atomic E-state index is 0.202. The van der Waals surface area contributed by atoms with Gasteiger partial charge in [-0.05, 0) is 35.0 Å². The van der Waals surface area contributed by atoms with Crippen LogP contribution in [-0.4, -0.2) is 32.2 Å². The van der Waals surface area contributed by atoms with E-state index < -0.39 is 6.04 Å². The highest BCUT2D eigenvalue weighted by Gasteiger charge is 2.11. The molecular formula is C11H14N6O. The van der Waals surface area contributed by atoms with Crippen LogP contribution in [0.4, 0.5) is 5.69 Å². The molecule has 1 aromatic carbocycles. The molecule has 0 spiro atoms. The molecule has 1 atom stereocenters. The molecule has 0 saturated heterocycles. The molecule has 3 N–H and O–H groups in total. The molecule has 0 aliphatic carbocycles. The Kier molecular flexibility index (Phi) is 3.63. The Morgan fingerprint density at radius 2 is 2.39 bits per heavy atom. The standard InChI is InChI=1S/C11H14N6O/c1-2-10(12)11(18)14-8-4-3-5-9(6-8)17-7-13-15-16-17/h3-7,10H,2,12H2,1H3,(H,14,18)/t10-/m1/s1. The summed E-state index contributed by atoms with van der Waals surface area (Å²) in [7, 11) is 0. The van der Waals surface area contributed by atoms with Gasteiger partial charge in [0.2, 0.25) is 5.91 Å². The van der Waals surface area contributed by atoms with E-state index in [1.807, 2.05) is 19.1 Å². The molecular weight excluding hydrogens is 232 g/mol. The lowest BCUT2D eigenvalue weighted by molar-refractivity contribution is -0.117. The summed E-state index contributed by atoms with van der Waals surface area (Å²) in [6, 6.07) is 6.71. The quantitative estimate of drug-likeness (QED) is 0.810. The molecule has 0 radical (unpaired) electrons. The number of hydrogen-bond donors (Lipinski definition) is 2. The lowest BCUT2D eigenvalue weighted by Gasteiger charge is -2.10. The van der Waals surface area contributed by atoms with E-state index in [2.05, 4.69) is 20.8 Å². The fraction of sp³-hybridized carbons (Fsp3) is 0.273. The third-order valence-electron chi connectivity index (χ3n) is 2.50. The lowest BCUT2D eigenvalue weighted by atomic mass is 10.2. The first kappa shape index (κ1) is 12.2. The minimum atomic E-state index is -0.498. The molecule has 0 bridgehead atoms. The van der Waals surface area contributed by atoms with Crippen LogP contribution in [0.3, 0.4) is 0 Å². The Balaban J connectivity index is 2.16. The Morgan fingerprint density at radius 3 is 3.06 bits per heavy atom. The summed E-state index contributed by atoms with van der Waals surface area (Å²) in [6.07, 6.45) is 2.08. The van der Waals surface area contributed by atoms with Gasteiger partial charge in [-0.3, -0.25) is 4.79 Å². The molecule has 0 aliphatic rings. The SMILES string of the molecule is CC[C@@H](N)C(=O)Nc1cccc(-n2cnnn2)c1. The fourth-order valence-electron chi connectivity index (χ4n) is 1.43. The van der Waals surface area contributed by atoms with Crippen LogP contribution in [0.2, 0.25) is 0 Å². The zero-order chi connectivity index (χ0) is 13.0. The van der Waals surface area contributed by atoms with E-state index in [0.29, 0.717) is 12.1 Å². The van der Waals surface area contributed by atoms with E-state index in [0.717, 1.165) is 5.69 Å². The summed E-state index contributed by atoms with van der Waals surface area (Å²) in [6.45, 7) is 1.86. The van der Waals surface area contributed by atoms with Crippen molar-refractivity contribution in [1.82, 2.24) is 20.2 Å². The van der Waals surface area contributed by atoms with Gasteiger partial charge in [0, 0.05) is 5.69 Å². The van der Waals surface area contributed by atoms with Crippen molar-refractivity contribution in [2.75, 3.05) is 5.32 Å². The fourth-order valence-corrected chi connectivity index (χ4v) is 1.43. The Bertz CT molecular complexity index is 524. The van der Waals surface area contributed by atoms with Crippen molar-refractivity contribution < 1.29 is 4.79 Å². The van der Waals surface area contributed by atoms with Gasteiger partial charge in [0.05, 0.1) is 11.7 Å². The van der Waals surface area contributed by atoms with Crippen LogP contribution in [0.15, 0.2) is 30.6 Å². The Labute approximate surface area is 104 Å². The summed E-state index contributed by atoms with van der Waals surface area (Å²) in [4.78, 5) is 11.7. The van der Waals surface area contributed by atoms with Gasteiger partial charge in [-0.25, -0.2) is 4.68 Å². The monoisotopic (exact) mass is 246 g/mol. The van der Waals surface area contributed by atoms with Crippen LogP contribution in [0, 0.1) is 0 Å². The molecule has 2 rings (SSSR count). The second kappa shape index (κ2) is 5.37.